The quantitative estimate of drug-likeness (QED) is 0.124. The summed E-state index contributed by atoms with van der Waals surface area (Å²) in [6.45, 7) is 1.43. The molecule has 2 aromatic carbocycles. The second kappa shape index (κ2) is 16.3. The van der Waals surface area contributed by atoms with Crippen molar-refractivity contribution >= 4 is 23.4 Å². The summed E-state index contributed by atoms with van der Waals surface area (Å²) < 4.78 is 73.3. The van der Waals surface area contributed by atoms with Crippen LogP contribution in [-0.2, 0) is 43.4 Å². The number of ether oxygens (including phenoxy) is 1. The van der Waals surface area contributed by atoms with Gasteiger partial charge in [-0.15, -0.1) is 0 Å². The molecule has 0 aliphatic rings. The number of hydrogen-bond acceptors (Lipinski definition) is 5. The third kappa shape index (κ3) is 11.1. The summed E-state index contributed by atoms with van der Waals surface area (Å²) in [5, 5.41) is 0. The number of aromatic nitrogens is 3. The Morgan fingerprint density at radius 2 is 1.80 bits per heavy atom. The summed E-state index contributed by atoms with van der Waals surface area (Å²) in [6, 6.07) is 12.7. The summed E-state index contributed by atoms with van der Waals surface area (Å²) in [7, 11) is 0. The molecule has 215 valence electrons. The molecular weight excluding hydrogens is 686 g/mol. The van der Waals surface area contributed by atoms with Gasteiger partial charge in [0.1, 0.15) is 30.1 Å². The molecule has 0 spiro atoms. The molecule has 13 heteroatoms. The molecule has 0 fully saturated rings. The molecule has 0 aliphatic heterocycles. The molecule has 0 amide bonds. The van der Waals surface area contributed by atoms with Crippen molar-refractivity contribution in [1.29, 1.82) is 0 Å². The predicted octanol–water partition coefficient (Wildman–Crippen LogP) is 5.93. The van der Waals surface area contributed by atoms with Crippen molar-refractivity contribution in [2.24, 2.45) is 0 Å². The first-order valence-electron chi connectivity index (χ1n) is 12.6. The Kier molecular flexibility index (Phi) is 13.2. The number of aryl methyl sites for hydroxylation is 2. The Bertz CT molecular complexity index is 1410. The Hall–Kier alpha value is -2.38. The fourth-order valence-corrected chi connectivity index (χ4v) is 4.24. The number of halogens is 3. The van der Waals surface area contributed by atoms with E-state index < -0.39 is 23.0 Å². The van der Waals surface area contributed by atoms with Crippen LogP contribution in [-0.4, -0.2) is 29.8 Å². The van der Waals surface area contributed by atoms with Crippen LogP contribution < -0.4 is 9.46 Å². The van der Waals surface area contributed by atoms with Crippen LogP contribution >= 0.6 is 0 Å². The van der Waals surface area contributed by atoms with Crippen LogP contribution in [0.1, 0.15) is 46.9 Å². The second-order valence-electron chi connectivity index (χ2n) is 8.95. The van der Waals surface area contributed by atoms with Gasteiger partial charge in [0, 0.05) is 79.3 Å². The Morgan fingerprint density at radius 3 is 2.51 bits per heavy atom. The van der Waals surface area contributed by atoms with Crippen LogP contribution in [0.4, 0.5) is 13.2 Å². The third-order valence-electron chi connectivity index (χ3n) is 6.03. The van der Waals surface area contributed by atoms with E-state index in [0.29, 0.717) is 35.9 Å². The first kappa shape index (κ1) is 33.1. The summed E-state index contributed by atoms with van der Waals surface area (Å²) in [5.41, 5.74) is 1.70. The minimum Gasteiger partial charge on any atom is -0.487 e. The van der Waals surface area contributed by atoms with Crippen molar-refractivity contribution < 1.29 is 72.4 Å². The maximum Gasteiger partial charge on any atom is 0.416 e. The summed E-state index contributed by atoms with van der Waals surface area (Å²) in [6.07, 6.45) is 7.48. The van der Waals surface area contributed by atoms with Crippen molar-refractivity contribution in [3.05, 3.63) is 101 Å². The van der Waals surface area contributed by atoms with Crippen LogP contribution in [0, 0.1) is 41.3 Å². The molecule has 1 unspecified atom stereocenters. The first-order valence-corrected chi connectivity index (χ1v) is 13.7. The monoisotopic (exact) mass is 715 g/mol. The number of nitrogens with zero attached hydrogens (tertiary/aromatic N) is 3. The molecule has 0 bridgehead atoms. The molecule has 1 radical (unpaired) electrons. The van der Waals surface area contributed by atoms with E-state index in [4.69, 9.17) is 13.7 Å². The van der Waals surface area contributed by atoms with E-state index in [1.165, 1.54) is 24.0 Å². The zero-order valence-electron chi connectivity index (χ0n) is 22.1. The van der Waals surface area contributed by atoms with Gasteiger partial charge >= 0.3 is 6.18 Å². The van der Waals surface area contributed by atoms with E-state index >= 15 is 0 Å². The van der Waals surface area contributed by atoms with Gasteiger partial charge in [-0.3, -0.25) is 4.55 Å². The van der Waals surface area contributed by atoms with Gasteiger partial charge < -0.3 is 13.7 Å². The van der Waals surface area contributed by atoms with E-state index in [1.807, 2.05) is 30.5 Å². The van der Waals surface area contributed by atoms with E-state index in [-0.39, 0.29) is 47.9 Å². The molecule has 0 saturated heterocycles. The minimum atomic E-state index is -4.36. The molecule has 0 aliphatic carbocycles. The molecule has 1 atom stereocenters. The van der Waals surface area contributed by atoms with Gasteiger partial charge in [-0.05, 0) is 60.7 Å². The molecule has 0 saturated carbocycles. The normalized spacial score (nSPS) is 12.4. The van der Waals surface area contributed by atoms with Crippen LogP contribution in [0.5, 0.6) is 5.75 Å². The average Bonchev–Trinajstić information content (AvgIpc) is 3.58. The van der Waals surface area contributed by atoms with Gasteiger partial charge in [0.05, 0.1) is 5.56 Å². The van der Waals surface area contributed by atoms with Crippen molar-refractivity contribution in [1.82, 2.24) is 19.3 Å². The van der Waals surface area contributed by atoms with Gasteiger partial charge in [-0.1, -0.05) is 24.3 Å². The van der Waals surface area contributed by atoms with Crippen LogP contribution in [0.15, 0.2) is 71.6 Å². The smallest absolute Gasteiger partial charge is 0.416 e. The molecule has 8 nitrogen and oxygen atoms in total. The van der Waals surface area contributed by atoms with E-state index in [2.05, 4.69) is 19.3 Å². The number of nitrogens with one attached hydrogen (secondary N) is 1. The van der Waals surface area contributed by atoms with Gasteiger partial charge in [0.15, 0.2) is 0 Å². The molecule has 2 N–H and O–H groups in total. The topological polar surface area (TPSA) is 102 Å². The largest absolute Gasteiger partial charge is 0.487 e. The number of rotatable bonds is 14. The maximum atomic E-state index is 12.7. The van der Waals surface area contributed by atoms with Crippen LogP contribution in [0.2, 0.25) is 0 Å². The Morgan fingerprint density at radius 1 is 1.05 bits per heavy atom. The molecule has 4 rings (SSSR count). The molecule has 41 heavy (non-hydrogen) atoms. The fourth-order valence-electron chi connectivity index (χ4n) is 3.96. The van der Waals surface area contributed by atoms with Gasteiger partial charge in [-0.2, -0.15) is 13.2 Å². The van der Waals surface area contributed by atoms with Crippen LogP contribution in [0.3, 0.4) is 0 Å². The zero-order chi connectivity index (χ0) is 28.4. The van der Waals surface area contributed by atoms with Gasteiger partial charge in [0.2, 0.25) is 17.2 Å². The van der Waals surface area contributed by atoms with E-state index in [0.717, 1.165) is 43.8 Å². The molecule has 2 aromatic heterocycles. The minimum absolute atomic E-state index is 0. The number of alkyl halides is 3. The van der Waals surface area contributed by atoms with E-state index in [1.54, 1.807) is 18.3 Å². The van der Waals surface area contributed by atoms with Crippen molar-refractivity contribution in [2.75, 3.05) is 6.54 Å². The standard InChI is InChI=1S/C28H29F3N4O4S.Pr/c29-28(30,31)23-9-4-22(5-10-23)8-13-27-34-24(20-39-27)19-38-25-11-6-21(7-12-25)3-1-2-17-35-18-16-32-26(35)14-15-33-40(36)37;/h4-13,16,18,20,33H,1-3,14-15,17,19H2,(H,36,37);/b13-8+;. The predicted molar refractivity (Wildman–Crippen MR) is 145 cm³/mol. The van der Waals surface area contributed by atoms with E-state index in [9.17, 15) is 17.4 Å². The van der Waals surface area contributed by atoms with Crippen molar-refractivity contribution in [3.63, 3.8) is 0 Å². The molecule has 4 aromatic rings. The number of benzene rings is 2. The summed E-state index contributed by atoms with van der Waals surface area (Å²) in [5.74, 6) is 1.91. The maximum absolute atomic E-state index is 12.7. The van der Waals surface area contributed by atoms with Crippen molar-refractivity contribution in [2.45, 2.75) is 45.0 Å². The second-order valence-corrected chi connectivity index (χ2v) is 9.74. The first-order chi connectivity index (χ1) is 19.3. The Balaban J connectivity index is 0.00000462. The summed E-state index contributed by atoms with van der Waals surface area (Å²) >= 11 is -2.01. The van der Waals surface area contributed by atoms with Crippen molar-refractivity contribution in [3.8, 4) is 5.75 Å². The average molecular weight is 716 g/mol. The third-order valence-corrected chi connectivity index (χ3v) is 6.48. The molecule has 2 heterocycles. The Labute approximate surface area is 271 Å². The number of hydrogen-bond donors (Lipinski definition) is 2. The fraction of sp³-hybridized carbons (Fsp3) is 0.286. The number of unbranched alkanes of at least 4 members (excludes halogenated alkanes) is 1. The number of imidazole rings is 1. The van der Waals surface area contributed by atoms with Gasteiger partial charge in [-0.25, -0.2) is 18.9 Å². The van der Waals surface area contributed by atoms with Crippen LogP contribution in [0.25, 0.3) is 12.2 Å². The molecular formula is C28H29F3N4O4PrS. The number of oxazole rings is 1. The zero-order valence-corrected chi connectivity index (χ0v) is 26.6. The van der Waals surface area contributed by atoms with Gasteiger partial charge in [0.25, 0.3) is 0 Å². The SMILES string of the molecule is O=S(O)NCCc1nccn1CCCCc1ccc(OCc2coc(/C=C/c3ccc(C(F)(F)F)cc3)n2)cc1.[Pr]. The summed E-state index contributed by atoms with van der Waals surface area (Å²) in [4.78, 5) is 8.64.